The van der Waals surface area contributed by atoms with Gasteiger partial charge in [-0.2, -0.15) is 0 Å². The second kappa shape index (κ2) is 6.89. The smallest absolute Gasteiger partial charge is 0.282 e. The zero-order valence-electron chi connectivity index (χ0n) is 6.66. The molecule has 0 amide bonds. The summed E-state index contributed by atoms with van der Waals surface area (Å²) in [5, 5.41) is 0. The predicted molar refractivity (Wildman–Crippen MR) is 37.2 cm³/mol. The van der Waals surface area contributed by atoms with E-state index < -0.39 is 19.1 Å². The molecule has 10 heavy (non-hydrogen) atoms. The van der Waals surface area contributed by atoms with Crippen LogP contribution in [0.25, 0.3) is 0 Å². The molecule has 0 saturated heterocycles. The van der Waals surface area contributed by atoms with Crippen molar-refractivity contribution in [1.29, 1.82) is 0 Å². The molecule has 0 aliphatic heterocycles. The highest BCUT2D eigenvalue weighted by Gasteiger charge is 2.25. The number of halogens is 2. The molecule has 0 aliphatic carbocycles. The van der Waals surface area contributed by atoms with Crippen LogP contribution in [0.2, 0.25) is 0 Å². The van der Waals surface area contributed by atoms with Gasteiger partial charge < -0.3 is 10.5 Å². The monoisotopic (exact) mass is 155 g/mol. The third-order valence-corrected chi connectivity index (χ3v) is 0.654. The van der Waals surface area contributed by atoms with E-state index in [4.69, 9.17) is 0 Å². The van der Waals surface area contributed by atoms with Gasteiger partial charge in [-0.3, -0.25) is 0 Å². The van der Waals surface area contributed by atoms with E-state index in [0.717, 1.165) is 0 Å². The van der Waals surface area contributed by atoms with Crippen molar-refractivity contribution in [2.45, 2.75) is 19.8 Å². The van der Waals surface area contributed by atoms with Gasteiger partial charge in [-0.25, -0.2) is 8.78 Å². The van der Waals surface area contributed by atoms with Gasteiger partial charge in [0.2, 0.25) is 0 Å². The molecule has 0 unspecified atom stereocenters. The molecule has 0 saturated carbocycles. The fourth-order valence-electron chi connectivity index (χ4n) is 0.270. The molecule has 64 valence electrons. The van der Waals surface area contributed by atoms with Crippen LogP contribution in [0, 0.1) is 0 Å². The van der Waals surface area contributed by atoms with Gasteiger partial charge in [0, 0.05) is 7.11 Å². The number of hydrogen-bond acceptors (Lipinski definition) is 2. The highest BCUT2D eigenvalue weighted by Crippen LogP contribution is 2.09. The molecule has 0 fully saturated rings. The molecule has 0 rings (SSSR count). The molecule has 0 aliphatic rings. The molecular weight excluding hydrogens is 140 g/mol. The maximum absolute atomic E-state index is 11.9. The summed E-state index contributed by atoms with van der Waals surface area (Å²) in [7, 11) is 1.21. The fourth-order valence-corrected chi connectivity index (χ4v) is 0.270. The molecule has 0 spiro atoms. The quantitative estimate of drug-likeness (QED) is 0.665. The Labute approximate surface area is 60.4 Å². The summed E-state index contributed by atoms with van der Waals surface area (Å²) >= 11 is 0. The molecule has 0 heterocycles. The van der Waals surface area contributed by atoms with Gasteiger partial charge in [0.05, 0.1) is 6.54 Å². The Hall–Kier alpha value is -0.220. The summed E-state index contributed by atoms with van der Waals surface area (Å²) in [6, 6.07) is 0. The van der Waals surface area contributed by atoms with E-state index in [1.807, 2.05) is 13.8 Å². The lowest BCUT2D eigenvalue weighted by Gasteiger charge is -2.10. The Morgan fingerprint density at radius 2 is 1.80 bits per heavy atom. The van der Waals surface area contributed by atoms with Crippen molar-refractivity contribution < 1.29 is 13.5 Å². The van der Waals surface area contributed by atoms with Crippen molar-refractivity contribution in [2.24, 2.45) is 5.73 Å². The SMILES string of the molecule is CC.COCC(F)(F)CN. The highest BCUT2D eigenvalue weighted by atomic mass is 19.3. The molecule has 0 atom stereocenters. The summed E-state index contributed by atoms with van der Waals surface area (Å²) < 4.78 is 28.0. The van der Waals surface area contributed by atoms with Crippen LogP contribution in [0.15, 0.2) is 0 Å². The maximum Gasteiger partial charge on any atom is 0.282 e. The third kappa shape index (κ3) is 7.78. The Bertz CT molecular complexity index is 68.8. The molecular formula is C6H15F2NO. The van der Waals surface area contributed by atoms with Gasteiger partial charge in [-0.05, 0) is 0 Å². The van der Waals surface area contributed by atoms with Crippen molar-refractivity contribution >= 4 is 0 Å². The molecule has 0 aromatic rings. The van der Waals surface area contributed by atoms with E-state index in [-0.39, 0.29) is 0 Å². The first-order valence-corrected chi connectivity index (χ1v) is 3.19. The number of hydrogen-bond donors (Lipinski definition) is 1. The zero-order chi connectivity index (χ0) is 8.62. The minimum absolute atomic E-state index is 0.594. The summed E-state index contributed by atoms with van der Waals surface area (Å²) in [4.78, 5) is 0. The normalized spacial score (nSPS) is 10.2. The van der Waals surface area contributed by atoms with Crippen LogP contribution in [0.1, 0.15) is 13.8 Å². The van der Waals surface area contributed by atoms with Crippen LogP contribution in [-0.2, 0) is 4.74 Å². The van der Waals surface area contributed by atoms with Gasteiger partial charge in [0.15, 0.2) is 0 Å². The standard InChI is InChI=1S/C4H9F2NO.C2H6/c1-8-3-4(5,6)2-7;1-2/h2-3,7H2,1H3;1-2H3. The van der Waals surface area contributed by atoms with Crippen LogP contribution < -0.4 is 5.73 Å². The van der Waals surface area contributed by atoms with Crippen molar-refractivity contribution in [2.75, 3.05) is 20.3 Å². The molecule has 0 aromatic carbocycles. The van der Waals surface area contributed by atoms with Gasteiger partial charge >= 0.3 is 0 Å². The predicted octanol–water partition coefficient (Wildman–Crippen LogP) is 1.25. The Morgan fingerprint density at radius 3 is 1.90 bits per heavy atom. The summed E-state index contributed by atoms with van der Waals surface area (Å²) in [5.41, 5.74) is 4.66. The van der Waals surface area contributed by atoms with Crippen LogP contribution in [0.3, 0.4) is 0 Å². The van der Waals surface area contributed by atoms with Gasteiger partial charge in [-0.15, -0.1) is 0 Å². The molecule has 4 heteroatoms. The lowest BCUT2D eigenvalue weighted by Crippen LogP contribution is -2.32. The minimum Gasteiger partial charge on any atom is -0.378 e. The van der Waals surface area contributed by atoms with Crippen LogP contribution in [0.4, 0.5) is 8.78 Å². The number of methoxy groups -OCH3 is 1. The minimum atomic E-state index is -2.85. The lowest BCUT2D eigenvalue weighted by molar-refractivity contribution is -0.0557. The van der Waals surface area contributed by atoms with Gasteiger partial charge in [0.1, 0.15) is 6.61 Å². The second-order valence-electron chi connectivity index (χ2n) is 1.49. The molecule has 0 bridgehead atoms. The average molecular weight is 155 g/mol. The van der Waals surface area contributed by atoms with E-state index in [1.54, 1.807) is 0 Å². The molecule has 2 N–H and O–H groups in total. The Morgan fingerprint density at radius 1 is 1.40 bits per heavy atom. The van der Waals surface area contributed by atoms with E-state index in [1.165, 1.54) is 7.11 Å². The number of nitrogens with two attached hydrogens (primary N) is 1. The zero-order valence-corrected chi connectivity index (χ0v) is 6.66. The van der Waals surface area contributed by atoms with Gasteiger partial charge in [-0.1, -0.05) is 13.8 Å². The van der Waals surface area contributed by atoms with Crippen LogP contribution in [-0.4, -0.2) is 26.2 Å². The maximum atomic E-state index is 11.9. The van der Waals surface area contributed by atoms with Gasteiger partial charge in [0.25, 0.3) is 5.92 Å². The van der Waals surface area contributed by atoms with E-state index in [2.05, 4.69) is 10.5 Å². The average Bonchev–Trinajstić information content (AvgIpc) is 1.93. The van der Waals surface area contributed by atoms with Crippen molar-refractivity contribution in [3.63, 3.8) is 0 Å². The second-order valence-corrected chi connectivity index (χ2v) is 1.49. The number of alkyl halides is 2. The molecule has 0 radical (unpaired) electrons. The van der Waals surface area contributed by atoms with E-state index in [0.29, 0.717) is 0 Å². The van der Waals surface area contributed by atoms with Crippen molar-refractivity contribution in [3.05, 3.63) is 0 Å². The largest absolute Gasteiger partial charge is 0.378 e. The fraction of sp³-hybridized carbons (Fsp3) is 1.00. The molecule has 0 aromatic heterocycles. The van der Waals surface area contributed by atoms with Crippen LogP contribution in [0.5, 0.6) is 0 Å². The number of ether oxygens (including phenoxy) is 1. The van der Waals surface area contributed by atoms with E-state index >= 15 is 0 Å². The first-order chi connectivity index (χ1) is 4.62. The highest BCUT2D eigenvalue weighted by molar-refractivity contribution is 4.63. The first-order valence-electron chi connectivity index (χ1n) is 3.19. The Balaban J connectivity index is 0. The summed E-state index contributed by atoms with van der Waals surface area (Å²) in [6.07, 6.45) is 0. The third-order valence-electron chi connectivity index (χ3n) is 0.654. The summed E-state index contributed by atoms with van der Waals surface area (Å²) in [5.74, 6) is -2.85. The van der Waals surface area contributed by atoms with Crippen LogP contribution >= 0.6 is 0 Å². The Kier molecular flexibility index (Phi) is 8.59. The lowest BCUT2D eigenvalue weighted by atomic mass is 10.4. The van der Waals surface area contributed by atoms with Crippen molar-refractivity contribution in [3.8, 4) is 0 Å². The van der Waals surface area contributed by atoms with E-state index in [9.17, 15) is 8.78 Å². The topological polar surface area (TPSA) is 35.2 Å². The van der Waals surface area contributed by atoms with Crippen molar-refractivity contribution in [1.82, 2.24) is 0 Å². The first kappa shape index (κ1) is 12.5. The number of rotatable bonds is 3. The molecule has 2 nitrogen and oxygen atoms in total. The summed E-state index contributed by atoms with van der Waals surface area (Å²) in [6.45, 7) is 2.75.